The monoisotopic (exact) mass is 295 g/mol. The van der Waals surface area contributed by atoms with Crippen LogP contribution in [0.2, 0.25) is 0 Å². The van der Waals surface area contributed by atoms with Gasteiger partial charge in [-0.1, -0.05) is 19.9 Å². The van der Waals surface area contributed by atoms with E-state index in [1.54, 1.807) is 22.5 Å². The molecule has 0 spiro atoms. The van der Waals surface area contributed by atoms with E-state index in [2.05, 4.69) is 28.8 Å². The molecule has 0 N–H and O–H groups in total. The highest BCUT2D eigenvalue weighted by molar-refractivity contribution is 7.89. The van der Waals surface area contributed by atoms with Crippen molar-refractivity contribution in [2.75, 3.05) is 13.1 Å². The number of benzene rings is 1. The molecule has 2 heterocycles. The van der Waals surface area contributed by atoms with E-state index in [1.807, 2.05) is 0 Å². The summed E-state index contributed by atoms with van der Waals surface area (Å²) in [5.74, 6) is 0.728. The molecule has 2 atom stereocenters. The van der Waals surface area contributed by atoms with E-state index in [4.69, 9.17) is 0 Å². The standard InChI is InChI=1S/C13H17N3O3S/c1-9-6-10(2)8-16(7-9)20(17,18)12-5-3-4-11-13(12)15-19-14-11/h3-5,9-10H,6-8H2,1-2H3/t9-,10-/m0/s1. The Morgan fingerprint density at radius 3 is 2.60 bits per heavy atom. The minimum absolute atomic E-state index is 0.178. The molecule has 108 valence electrons. The van der Waals surface area contributed by atoms with Crippen LogP contribution < -0.4 is 0 Å². The summed E-state index contributed by atoms with van der Waals surface area (Å²) in [5, 5.41) is 7.42. The molecule has 1 fully saturated rings. The van der Waals surface area contributed by atoms with Crippen molar-refractivity contribution in [2.45, 2.75) is 25.2 Å². The Hall–Kier alpha value is -1.47. The molecule has 0 unspecified atom stereocenters. The largest absolute Gasteiger partial charge is 0.245 e. The van der Waals surface area contributed by atoms with Gasteiger partial charge < -0.3 is 0 Å². The van der Waals surface area contributed by atoms with E-state index in [0.29, 0.717) is 36.0 Å². The molecule has 1 aliphatic rings. The molecule has 0 radical (unpaired) electrons. The molecule has 1 saturated heterocycles. The first-order valence-electron chi connectivity index (χ1n) is 6.70. The number of hydrogen-bond donors (Lipinski definition) is 0. The topological polar surface area (TPSA) is 76.3 Å². The Labute approximate surface area is 117 Å². The lowest BCUT2D eigenvalue weighted by Crippen LogP contribution is -2.42. The van der Waals surface area contributed by atoms with E-state index < -0.39 is 10.0 Å². The van der Waals surface area contributed by atoms with Gasteiger partial charge in [0.05, 0.1) is 0 Å². The molecule has 20 heavy (non-hydrogen) atoms. The van der Waals surface area contributed by atoms with Crippen LogP contribution in [0.5, 0.6) is 0 Å². The fourth-order valence-electron chi connectivity index (χ4n) is 2.93. The maximum Gasteiger partial charge on any atom is 0.245 e. The minimum atomic E-state index is -3.55. The SMILES string of the molecule is C[C@H]1C[C@H](C)CN(S(=O)(=O)c2cccc3nonc23)C1. The Kier molecular flexibility index (Phi) is 3.25. The van der Waals surface area contributed by atoms with E-state index in [1.165, 1.54) is 0 Å². The van der Waals surface area contributed by atoms with Gasteiger partial charge in [-0.2, -0.15) is 4.31 Å². The number of aromatic nitrogens is 2. The Morgan fingerprint density at radius 2 is 1.90 bits per heavy atom. The summed E-state index contributed by atoms with van der Waals surface area (Å²) in [6.07, 6.45) is 1.06. The van der Waals surface area contributed by atoms with Gasteiger partial charge in [0.25, 0.3) is 0 Å². The van der Waals surface area contributed by atoms with Gasteiger partial charge in [-0.15, -0.1) is 0 Å². The van der Waals surface area contributed by atoms with E-state index in [9.17, 15) is 8.42 Å². The van der Waals surface area contributed by atoms with Crippen LogP contribution in [0.15, 0.2) is 27.7 Å². The molecule has 0 amide bonds. The van der Waals surface area contributed by atoms with Gasteiger partial charge in [0.2, 0.25) is 10.0 Å². The van der Waals surface area contributed by atoms with Crippen LogP contribution in [0.1, 0.15) is 20.3 Å². The van der Waals surface area contributed by atoms with Crippen LogP contribution in [0.4, 0.5) is 0 Å². The summed E-state index contributed by atoms with van der Waals surface area (Å²) in [6.45, 7) is 5.26. The normalized spacial score (nSPS) is 25.1. The molecule has 0 aliphatic carbocycles. The van der Waals surface area contributed by atoms with Gasteiger partial charge in [-0.3, -0.25) is 0 Å². The highest BCUT2D eigenvalue weighted by Crippen LogP contribution is 2.29. The maximum absolute atomic E-state index is 12.8. The predicted molar refractivity (Wildman–Crippen MR) is 73.5 cm³/mol. The zero-order valence-corrected chi connectivity index (χ0v) is 12.3. The highest BCUT2D eigenvalue weighted by atomic mass is 32.2. The molecular weight excluding hydrogens is 278 g/mol. The molecule has 3 rings (SSSR count). The molecule has 2 aromatic rings. The summed E-state index contributed by atoms with van der Waals surface area (Å²) in [5.41, 5.74) is 0.766. The van der Waals surface area contributed by atoms with Crippen LogP contribution in [0, 0.1) is 11.8 Å². The maximum atomic E-state index is 12.8. The van der Waals surface area contributed by atoms with Gasteiger partial charge in [-0.05, 0) is 40.7 Å². The van der Waals surface area contributed by atoms with Crippen molar-refractivity contribution in [1.29, 1.82) is 0 Å². The van der Waals surface area contributed by atoms with Crippen LogP contribution >= 0.6 is 0 Å². The van der Waals surface area contributed by atoms with Gasteiger partial charge in [0.1, 0.15) is 10.4 Å². The lowest BCUT2D eigenvalue weighted by molar-refractivity contribution is 0.222. The predicted octanol–water partition coefficient (Wildman–Crippen LogP) is 1.89. The first kappa shape index (κ1) is 13.5. The quantitative estimate of drug-likeness (QED) is 0.845. The van der Waals surface area contributed by atoms with E-state index in [0.717, 1.165) is 6.42 Å². The third-order valence-corrected chi connectivity index (χ3v) is 5.57. The van der Waals surface area contributed by atoms with Crippen molar-refractivity contribution in [3.63, 3.8) is 0 Å². The van der Waals surface area contributed by atoms with Crippen molar-refractivity contribution >= 4 is 21.1 Å². The molecule has 1 aromatic carbocycles. The average molecular weight is 295 g/mol. The van der Waals surface area contributed by atoms with Gasteiger partial charge >= 0.3 is 0 Å². The Balaban J connectivity index is 2.05. The molecule has 0 saturated carbocycles. The number of nitrogens with zero attached hydrogens (tertiary/aromatic N) is 3. The third-order valence-electron chi connectivity index (χ3n) is 3.70. The Morgan fingerprint density at radius 1 is 1.20 bits per heavy atom. The van der Waals surface area contributed by atoms with Crippen LogP contribution in [-0.2, 0) is 10.0 Å². The average Bonchev–Trinajstić information content (AvgIpc) is 2.85. The zero-order chi connectivity index (χ0) is 14.3. The summed E-state index contributed by atoms with van der Waals surface area (Å²) in [7, 11) is -3.55. The van der Waals surface area contributed by atoms with Crippen molar-refractivity contribution in [3.05, 3.63) is 18.2 Å². The Bertz CT molecular complexity index is 715. The van der Waals surface area contributed by atoms with Crippen LogP contribution in [-0.4, -0.2) is 36.1 Å². The zero-order valence-electron chi connectivity index (χ0n) is 11.5. The molecular formula is C13H17N3O3S. The lowest BCUT2D eigenvalue weighted by Gasteiger charge is -2.33. The van der Waals surface area contributed by atoms with Crippen molar-refractivity contribution < 1.29 is 13.0 Å². The lowest BCUT2D eigenvalue weighted by atomic mass is 9.94. The first-order chi connectivity index (χ1) is 9.48. The van der Waals surface area contributed by atoms with Crippen molar-refractivity contribution in [3.8, 4) is 0 Å². The number of fused-ring (bicyclic) bond motifs is 1. The summed E-state index contributed by atoms with van der Waals surface area (Å²) >= 11 is 0. The molecule has 0 bridgehead atoms. The minimum Gasteiger partial charge on any atom is -0.243 e. The van der Waals surface area contributed by atoms with Gasteiger partial charge in [-0.25, -0.2) is 13.0 Å². The number of hydrogen-bond acceptors (Lipinski definition) is 5. The second-order valence-electron chi connectivity index (χ2n) is 5.66. The van der Waals surface area contributed by atoms with Gasteiger partial charge in [0.15, 0.2) is 5.52 Å². The van der Waals surface area contributed by atoms with Crippen molar-refractivity contribution in [1.82, 2.24) is 14.6 Å². The smallest absolute Gasteiger partial charge is 0.243 e. The fraction of sp³-hybridized carbons (Fsp3) is 0.538. The van der Waals surface area contributed by atoms with E-state index in [-0.39, 0.29) is 4.90 Å². The van der Waals surface area contributed by atoms with Crippen LogP contribution in [0.3, 0.4) is 0 Å². The van der Waals surface area contributed by atoms with Gasteiger partial charge in [0, 0.05) is 13.1 Å². The second-order valence-corrected chi connectivity index (χ2v) is 7.56. The number of piperidine rings is 1. The molecule has 6 nitrogen and oxygen atoms in total. The van der Waals surface area contributed by atoms with Crippen LogP contribution in [0.25, 0.3) is 11.0 Å². The fourth-order valence-corrected chi connectivity index (χ4v) is 4.75. The number of rotatable bonds is 2. The third kappa shape index (κ3) is 2.20. The summed E-state index contributed by atoms with van der Waals surface area (Å²) < 4.78 is 31.8. The second kappa shape index (κ2) is 4.82. The molecule has 1 aliphatic heterocycles. The first-order valence-corrected chi connectivity index (χ1v) is 8.14. The summed E-state index contributed by atoms with van der Waals surface area (Å²) in [6, 6.07) is 4.91. The summed E-state index contributed by atoms with van der Waals surface area (Å²) in [4.78, 5) is 0.178. The van der Waals surface area contributed by atoms with E-state index >= 15 is 0 Å². The highest BCUT2D eigenvalue weighted by Gasteiger charge is 2.33. The van der Waals surface area contributed by atoms with Crippen molar-refractivity contribution in [2.24, 2.45) is 11.8 Å². The molecule has 1 aromatic heterocycles. The molecule has 7 heteroatoms. The number of sulfonamides is 1.